The monoisotopic (exact) mass is 232 g/mol. The molecule has 0 aliphatic rings. The highest BCUT2D eigenvalue weighted by molar-refractivity contribution is 6.31. The number of benzene rings is 1. The zero-order valence-electron chi connectivity index (χ0n) is 8.21. The molecule has 0 fully saturated rings. The van der Waals surface area contributed by atoms with Crippen LogP contribution in [-0.2, 0) is 0 Å². The van der Waals surface area contributed by atoms with E-state index in [2.05, 4.69) is 5.32 Å². The van der Waals surface area contributed by atoms with Crippen LogP contribution in [0.5, 0.6) is 0 Å². The summed E-state index contributed by atoms with van der Waals surface area (Å²) in [7, 11) is 0. The van der Waals surface area contributed by atoms with Crippen molar-refractivity contribution in [1.82, 2.24) is 5.32 Å². The number of aliphatic hydroxyl groups excluding tert-OH is 1. The minimum absolute atomic E-state index is 0.0252. The zero-order chi connectivity index (χ0) is 11.3. The van der Waals surface area contributed by atoms with E-state index in [-0.39, 0.29) is 25.0 Å². The fourth-order valence-electron chi connectivity index (χ4n) is 1.39. The van der Waals surface area contributed by atoms with Crippen LogP contribution in [0.1, 0.15) is 11.6 Å². The first-order valence-corrected chi connectivity index (χ1v) is 5.06. The van der Waals surface area contributed by atoms with Crippen molar-refractivity contribution in [1.29, 1.82) is 0 Å². The predicted octanol–water partition coefficient (Wildman–Crippen LogP) is 1.06. The van der Waals surface area contributed by atoms with Gasteiger partial charge >= 0.3 is 0 Å². The first-order valence-electron chi connectivity index (χ1n) is 4.69. The maximum Gasteiger partial charge on any atom is 0.129 e. The molecule has 0 saturated heterocycles. The molecule has 1 aromatic rings. The van der Waals surface area contributed by atoms with E-state index < -0.39 is 0 Å². The molecule has 5 heteroatoms. The second-order valence-corrected chi connectivity index (χ2v) is 3.51. The van der Waals surface area contributed by atoms with Crippen molar-refractivity contribution in [3.8, 4) is 0 Å². The van der Waals surface area contributed by atoms with Gasteiger partial charge in [-0.15, -0.1) is 0 Å². The number of rotatable bonds is 5. The Bertz CT molecular complexity index is 302. The van der Waals surface area contributed by atoms with Crippen LogP contribution in [0.4, 0.5) is 4.39 Å². The Kier molecular flexibility index (Phi) is 4.98. The van der Waals surface area contributed by atoms with Gasteiger partial charge in [-0.05, 0) is 12.1 Å². The largest absolute Gasteiger partial charge is 0.395 e. The standard InChI is InChI=1S/C10H14ClFN2O/c11-7-2-1-3-8(12)10(7)9(6-13)14-4-5-15/h1-3,9,14-15H,4-6,13H2. The van der Waals surface area contributed by atoms with Crippen LogP contribution in [0, 0.1) is 5.82 Å². The van der Waals surface area contributed by atoms with Crippen molar-refractivity contribution < 1.29 is 9.50 Å². The van der Waals surface area contributed by atoms with Crippen LogP contribution in [0.15, 0.2) is 18.2 Å². The summed E-state index contributed by atoms with van der Waals surface area (Å²) in [5, 5.41) is 11.9. The second kappa shape index (κ2) is 6.02. The molecule has 4 N–H and O–H groups in total. The lowest BCUT2D eigenvalue weighted by Gasteiger charge is -2.18. The Morgan fingerprint density at radius 1 is 1.53 bits per heavy atom. The molecule has 15 heavy (non-hydrogen) atoms. The Labute approximate surface area is 93.0 Å². The molecule has 1 atom stereocenters. The van der Waals surface area contributed by atoms with Gasteiger partial charge in [0.25, 0.3) is 0 Å². The first-order chi connectivity index (χ1) is 7.20. The van der Waals surface area contributed by atoms with Crippen molar-refractivity contribution in [2.45, 2.75) is 6.04 Å². The van der Waals surface area contributed by atoms with Crippen molar-refractivity contribution in [3.63, 3.8) is 0 Å². The van der Waals surface area contributed by atoms with E-state index in [0.717, 1.165) is 0 Å². The predicted molar refractivity (Wildman–Crippen MR) is 58.3 cm³/mol. The topological polar surface area (TPSA) is 58.3 Å². The zero-order valence-corrected chi connectivity index (χ0v) is 8.97. The third kappa shape index (κ3) is 3.14. The molecule has 0 aliphatic carbocycles. The lowest BCUT2D eigenvalue weighted by atomic mass is 10.1. The van der Waals surface area contributed by atoms with Gasteiger partial charge in [-0.2, -0.15) is 0 Å². The molecule has 0 bridgehead atoms. The molecule has 3 nitrogen and oxygen atoms in total. The van der Waals surface area contributed by atoms with E-state index in [0.29, 0.717) is 17.1 Å². The summed E-state index contributed by atoms with van der Waals surface area (Å²) >= 11 is 5.88. The van der Waals surface area contributed by atoms with Gasteiger partial charge in [-0.25, -0.2) is 4.39 Å². The minimum Gasteiger partial charge on any atom is -0.395 e. The maximum absolute atomic E-state index is 13.5. The summed E-state index contributed by atoms with van der Waals surface area (Å²) < 4.78 is 13.5. The van der Waals surface area contributed by atoms with E-state index in [1.54, 1.807) is 12.1 Å². The summed E-state index contributed by atoms with van der Waals surface area (Å²) in [5.74, 6) is -0.386. The Hall–Kier alpha value is -0.680. The first kappa shape index (κ1) is 12.4. The van der Waals surface area contributed by atoms with Crippen LogP contribution in [-0.4, -0.2) is 24.8 Å². The van der Waals surface area contributed by atoms with E-state index in [1.165, 1.54) is 6.07 Å². The highest BCUT2D eigenvalue weighted by atomic mass is 35.5. The molecular formula is C10H14ClFN2O. The maximum atomic E-state index is 13.5. The average Bonchev–Trinajstić information content (AvgIpc) is 2.22. The van der Waals surface area contributed by atoms with Gasteiger partial charge in [0.1, 0.15) is 5.82 Å². The quantitative estimate of drug-likeness (QED) is 0.712. The number of nitrogens with two attached hydrogens (primary N) is 1. The van der Waals surface area contributed by atoms with Crippen LogP contribution >= 0.6 is 11.6 Å². The number of hydrogen-bond donors (Lipinski definition) is 3. The third-order valence-electron chi connectivity index (χ3n) is 2.09. The molecule has 0 aliphatic heterocycles. The van der Waals surface area contributed by atoms with Gasteiger partial charge in [-0.1, -0.05) is 17.7 Å². The molecule has 0 heterocycles. The minimum atomic E-state index is -0.386. The van der Waals surface area contributed by atoms with Gasteiger partial charge < -0.3 is 16.2 Å². The number of hydrogen-bond acceptors (Lipinski definition) is 3. The van der Waals surface area contributed by atoms with Gasteiger partial charge in [0, 0.05) is 29.7 Å². The SMILES string of the molecule is NCC(NCCO)c1c(F)cccc1Cl. The molecule has 1 aromatic carbocycles. The van der Waals surface area contributed by atoms with Crippen LogP contribution < -0.4 is 11.1 Å². The molecule has 0 saturated carbocycles. The number of aliphatic hydroxyl groups is 1. The number of nitrogens with one attached hydrogen (secondary N) is 1. The van der Waals surface area contributed by atoms with Crippen molar-refractivity contribution in [3.05, 3.63) is 34.6 Å². The smallest absolute Gasteiger partial charge is 0.129 e. The van der Waals surface area contributed by atoms with Crippen LogP contribution in [0.3, 0.4) is 0 Å². The average molecular weight is 233 g/mol. The van der Waals surface area contributed by atoms with E-state index >= 15 is 0 Å². The van der Waals surface area contributed by atoms with E-state index in [4.69, 9.17) is 22.4 Å². The number of halogens is 2. The Balaban J connectivity index is 2.90. The van der Waals surface area contributed by atoms with Crippen molar-refractivity contribution in [2.24, 2.45) is 5.73 Å². The van der Waals surface area contributed by atoms with Crippen molar-refractivity contribution in [2.75, 3.05) is 19.7 Å². The molecular weight excluding hydrogens is 219 g/mol. The molecule has 0 amide bonds. The highest BCUT2D eigenvalue weighted by Crippen LogP contribution is 2.25. The summed E-state index contributed by atoms with van der Waals surface area (Å²) in [6, 6.07) is 4.13. The molecule has 0 radical (unpaired) electrons. The molecule has 1 unspecified atom stereocenters. The van der Waals surface area contributed by atoms with Gasteiger partial charge in [0.15, 0.2) is 0 Å². The molecule has 1 rings (SSSR count). The van der Waals surface area contributed by atoms with Gasteiger partial charge in [-0.3, -0.25) is 0 Å². The van der Waals surface area contributed by atoms with Crippen LogP contribution in [0.25, 0.3) is 0 Å². The third-order valence-corrected chi connectivity index (χ3v) is 2.42. The molecule has 0 spiro atoms. The second-order valence-electron chi connectivity index (χ2n) is 3.10. The Morgan fingerprint density at radius 3 is 2.80 bits per heavy atom. The van der Waals surface area contributed by atoms with Crippen molar-refractivity contribution >= 4 is 11.6 Å². The summed E-state index contributed by atoms with van der Waals surface area (Å²) in [4.78, 5) is 0. The van der Waals surface area contributed by atoms with E-state index in [1.807, 2.05) is 0 Å². The molecule has 0 aromatic heterocycles. The lowest BCUT2D eigenvalue weighted by molar-refractivity contribution is 0.284. The Morgan fingerprint density at radius 2 is 2.27 bits per heavy atom. The fourth-order valence-corrected chi connectivity index (χ4v) is 1.68. The summed E-state index contributed by atoms with van der Waals surface area (Å²) in [6.07, 6.45) is 0. The fraction of sp³-hybridized carbons (Fsp3) is 0.400. The lowest BCUT2D eigenvalue weighted by Crippen LogP contribution is -2.31. The van der Waals surface area contributed by atoms with Gasteiger partial charge in [0.05, 0.1) is 6.61 Å². The highest BCUT2D eigenvalue weighted by Gasteiger charge is 2.16. The molecule has 84 valence electrons. The summed E-state index contributed by atoms with van der Waals surface area (Å²) in [6.45, 7) is 0.551. The normalized spacial score (nSPS) is 12.8. The van der Waals surface area contributed by atoms with Gasteiger partial charge in [0.2, 0.25) is 0 Å². The van der Waals surface area contributed by atoms with Crippen LogP contribution in [0.2, 0.25) is 5.02 Å². The summed E-state index contributed by atoms with van der Waals surface area (Å²) in [5.41, 5.74) is 5.87. The van der Waals surface area contributed by atoms with E-state index in [9.17, 15) is 4.39 Å².